The topological polar surface area (TPSA) is 84.9 Å². The molecule has 0 aliphatic carbocycles. The van der Waals surface area contributed by atoms with E-state index in [1.165, 1.54) is 12.1 Å². The maximum atomic E-state index is 13.3. The van der Waals surface area contributed by atoms with E-state index in [1.807, 2.05) is 38.1 Å². The normalized spacial score (nSPS) is 14.7. The fourth-order valence-electron chi connectivity index (χ4n) is 3.90. The van der Waals surface area contributed by atoms with Gasteiger partial charge in [0.05, 0.1) is 17.3 Å². The van der Waals surface area contributed by atoms with Crippen molar-refractivity contribution in [1.29, 1.82) is 0 Å². The van der Waals surface area contributed by atoms with Gasteiger partial charge in [-0.1, -0.05) is 59.1 Å². The van der Waals surface area contributed by atoms with Gasteiger partial charge in [0.15, 0.2) is 11.5 Å². The molecule has 9 heteroatoms. The zero-order valence-corrected chi connectivity index (χ0v) is 21.9. The first-order valence-electron chi connectivity index (χ1n) is 11.5. The average Bonchev–Trinajstić information content (AvgIpc) is 2.83. The molecule has 7 nitrogen and oxygen atoms in total. The van der Waals surface area contributed by atoms with Crippen molar-refractivity contribution in [3.05, 3.63) is 92.5 Å². The highest BCUT2D eigenvalue weighted by atomic mass is 35.5. The van der Waals surface area contributed by atoms with Crippen LogP contribution in [0.4, 0.5) is 10.5 Å². The van der Waals surface area contributed by atoms with Crippen LogP contribution in [-0.2, 0) is 16.2 Å². The second kappa shape index (κ2) is 11.1. The van der Waals surface area contributed by atoms with Crippen LogP contribution in [0.3, 0.4) is 0 Å². The molecule has 3 aromatic carbocycles. The first-order chi connectivity index (χ1) is 17.7. The van der Waals surface area contributed by atoms with Gasteiger partial charge >= 0.3 is 6.03 Å². The Hall–Kier alpha value is -3.81. The van der Waals surface area contributed by atoms with Gasteiger partial charge < -0.3 is 9.47 Å². The Morgan fingerprint density at radius 3 is 2.49 bits per heavy atom. The molecule has 0 spiro atoms. The number of nitrogens with one attached hydrogen (secondary N) is 1. The van der Waals surface area contributed by atoms with E-state index in [1.54, 1.807) is 31.2 Å². The smallest absolute Gasteiger partial charge is 0.335 e. The summed E-state index contributed by atoms with van der Waals surface area (Å²) in [6, 6.07) is 15.0. The Morgan fingerprint density at radius 2 is 1.76 bits per heavy atom. The molecule has 0 radical (unpaired) electrons. The standard InChI is InChI=1S/C28H24Cl2N2O5/c1-4-36-24-13-19(12-22(30)25(24)37-15-18-7-5-6-16(2)10-18)11-21-26(33)31-28(35)32(27(21)34)23-14-20(29)9-8-17(23)3/h5-14H,4,15H2,1-3H3,(H,31,33,35)/b21-11+. The van der Waals surface area contributed by atoms with Crippen LogP contribution in [0.25, 0.3) is 6.08 Å². The molecule has 1 heterocycles. The molecule has 0 saturated carbocycles. The Morgan fingerprint density at radius 1 is 0.973 bits per heavy atom. The van der Waals surface area contributed by atoms with Crippen molar-refractivity contribution >= 4 is 52.8 Å². The maximum Gasteiger partial charge on any atom is 0.335 e. The Balaban J connectivity index is 1.68. The summed E-state index contributed by atoms with van der Waals surface area (Å²) >= 11 is 12.6. The number of hydrogen-bond donors (Lipinski definition) is 1. The van der Waals surface area contributed by atoms with E-state index in [-0.39, 0.29) is 22.9 Å². The number of benzene rings is 3. The first kappa shape index (κ1) is 26.3. The molecule has 37 heavy (non-hydrogen) atoms. The SMILES string of the molecule is CCOc1cc(/C=C2\C(=O)NC(=O)N(c3cc(Cl)ccc3C)C2=O)cc(Cl)c1OCc1cccc(C)c1. The fourth-order valence-corrected chi connectivity index (χ4v) is 4.34. The number of hydrogen-bond acceptors (Lipinski definition) is 5. The first-order valence-corrected chi connectivity index (χ1v) is 12.3. The highest BCUT2D eigenvalue weighted by molar-refractivity contribution is 6.40. The molecule has 0 unspecified atom stereocenters. The number of halogens is 2. The lowest BCUT2D eigenvalue weighted by atomic mass is 10.1. The average molecular weight is 539 g/mol. The lowest BCUT2D eigenvalue weighted by Crippen LogP contribution is -2.54. The summed E-state index contributed by atoms with van der Waals surface area (Å²) in [5, 5.41) is 2.80. The van der Waals surface area contributed by atoms with E-state index in [0.717, 1.165) is 16.0 Å². The van der Waals surface area contributed by atoms with Gasteiger partial charge in [0.1, 0.15) is 12.2 Å². The van der Waals surface area contributed by atoms with E-state index in [0.29, 0.717) is 34.3 Å². The van der Waals surface area contributed by atoms with Crippen molar-refractivity contribution in [2.75, 3.05) is 11.5 Å². The number of aryl methyl sites for hydroxylation is 2. The summed E-state index contributed by atoms with van der Waals surface area (Å²) in [4.78, 5) is 39.4. The van der Waals surface area contributed by atoms with E-state index < -0.39 is 17.8 Å². The van der Waals surface area contributed by atoms with Gasteiger partial charge in [-0.3, -0.25) is 14.9 Å². The van der Waals surface area contributed by atoms with E-state index in [9.17, 15) is 14.4 Å². The molecule has 0 aromatic heterocycles. The molecular weight excluding hydrogens is 515 g/mol. The van der Waals surface area contributed by atoms with Crippen molar-refractivity contribution in [3.63, 3.8) is 0 Å². The molecule has 1 saturated heterocycles. The minimum absolute atomic E-state index is 0.243. The molecule has 1 fully saturated rings. The molecular formula is C28H24Cl2N2O5. The molecule has 4 rings (SSSR count). The lowest BCUT2D eigenvalue weighted by Gasteiger charge is -2.27. The van der Waals surface area contributed by atoms with Crippen LogP contribution in [0.2, 0.25) is 10.0 Å². The molecule has 0 atom stereocenters. The van der Waals surface area contributed by atoms with E-state index in [4.69, 9.17) is 32.7 Å². The van der Waals surface area contributed by atoms with Crippen LogP contribution in [-0.4, -0.2) is 24.5 Å². The summed E-state index contributed by atoms with van der Waals surface area (Å²) in [6.07, 6.45) is 1.36. The fraction of sp³-hybridized carbons (Fsp3) is 0.179. The quantitative estimate of drug-likeness (QED) is 0.283. The molecule has 4 amide bonds. The summed E-state index contributed by atoms with van der Waals surface area (Å²) in [7, 11) is 0. The highest BCUT2D eigenvalue weighted by Gasteiger charge is 2.37. The lowest BCUT2D eigenvalue weighted by molar-refractivity contribution is -0.122. The van der Waals surface area contributed by atoms with Crippen LogP contribution in [0.5, 0.6) is 11.5 Å². The van der Waals surface area contributed by atoms with Gasteiger partial charge in [-0.2, -0.15) is 0 Å². The summed E-state index contributed by atoms with van der Waals surface area (Å²) in [6.45, 7) is 6.16. The number of rotatable bonds is 7. The summed E-state index contributed by atoms with van der Waals surface area (Å²) < 4.78 is 11.7. The van der Waals surface area contributed by atoms with Crippen molar-refractivity contribution in [2.24, 2.45) is 0 Å². The minimum Gasteiger partial charge on any atom is -0.490 e. The number of amides is 4. The van der Waals surface area contributed by atoms with Crippen molar-refractivity contribution in [3.8, 4) is 11.5 Å². The summed E-state index contributed by atoms with van der Waals surface area (Å²) in [5.41, 5.74) is 3.17. The monoisotopic (exact) mass is 538 g/mol. The number of carbonyl (C=O) groups excluding carboxylic acids is 3. The third kappa shape index (κ3) is 5.79. The van der Waals surface area contributed by atoms with Crippen LogP contribution >= 0.6 is 23.2 Å². The van der Waals surface area contributed by atoms with Gasteiger partial charge in [-0.25, -0.2) is 9.69 Å². The van der Waals surface area contributed by atoms with E-state index in [2.05, 4.69) is 5.32 Å². The van der Waals surface area contributed by atoms with Gasteiger partial charge in [0, 0.05) is 5.02 Å². The Bertz CT molecular complexity index is 1430. The maximum absolute atomic E-state index is 13.3. The number of carbonyl (C=O) groups is 3. The predicted octanol–water partition coefficient (Wildman–Crippen LogP) is 6.25. The second-order valence-corrected chi connectivity index (χ2v) is 9.27. The predicted molar refractivity (Wildman–Crippen MR) is 143 cm³/mol. The third-order valence-corrected chi connectivity index (χ3v) is 6.14. The van der Waals surface area contributed by atoms with Crippen molar-refractivity contribution in [1.82, 2.24) is 5.32 Å². The van der Waals surface area contributed by atoms with Crippen LogP contribution in [0, 0.1) is 13.8 Å². The van der Waals surface area contributed by atoms with E-state index >= 15 is 0 Å². The minimum atomic E-state index is -0.856. The summed E-state index contributed by atoms with van der Waals surface area (Å²) in [5.74, 6) is -0.900. The zero-order valence-electron chi connectivity index (χ0n) is 20.4. The molecule has 1 N–H and O–H groups in total. The largest absolute Gasteiger partial charge is 0.490 e. The zero-order chi connectivity index (χ0) is 26.7. The molecule has 1 aliphatic rings. The number of ether oxygens (including phenoxy) is 2. The number of urea groups is 1. The van der Waals surface area contributed by atoms with Gasteiger partial charge in [0.2, 0.25) is 0 Å². The molecule has 0 bridgehead atoms. The van der Waals surface area contributed by atoms with Crippen molar-refractivity contribution < 1.29 is 23.9 Å². The Labute approximate surface area is 224 Å². The number of anilines is 1. The third-order valence-electron chi connectivity index (χ3n) is 5.62. The number of barbiturate groups is 1. The van der Waals surface area contributed by atoms with Gasteiger partial charge in [-0.15, -0.1) is 0 Å². The number of imide groups is 2. The molecule has 1 aliphatic heterocycles. The van der Waals surface area contributed by atoms with Gasteiger partial charge in [0.25, 0.3) is 11.8 Å². The molecule has 190 valence electrons. The van der Waals surface area contributed by atoms with Crippen molar-refractivity contribution in [2.45, 2.75) is 27.4 Å². The Kier molecular flexibility index (Phi) is 7.86. The van der Waals surface area contributed by atoms with Crippen LogP contribution in [0.15, 0.2) is 60.2 Å². The second-order valence-electron chi connectivity index (χ2n) is 8.43. The molecule has 3 aromatic rings. The van der Waals surface area contributed by atoms with Gasteiger partial charge in [-0.05, 0) is 67.8 Å². The highest BCUT2D eigenvalue weighted by Crippen LogP contribution is 2.38. The number of nitrogens with zero attached hydrogens (tertiary/aromatic N) is 1. The van der Waals surface area contributed by atoms with Crippen LogP contribution < -0.4 is 19.7 Å². The van der Waals surface area contributed by atoms with Crippen LogP contribution in [0.1, 0.15) is 29.2 Å².